The van der Waals surface area contributed by atoms with E-state index in [2.05, 4.69) is 28.4 Å². The maximum absolute atomic E-state index is 13.8. The number of morpholine rings is 1. The second-order valence-corrected chi connectivity index (χ2v) is 14.5. The van der Waals surface area contributed by atoms with E-state index in [4.69, 9.17) is 14.8 Å². The molecule has 3 aromatic rings. The quantitative estimate of drug-likeness (QED) is 0.432. The number of pyridine rings is 1. The molecule has 0 unspecified atom stereocenters. The fourth-order valence-electron chi connectivity index (χ4n) is 6.32. The van der Waals surface area contributed by atoms with Gasteiger partial charge in [0.2, 0.25) is 0 Å². The largest absolute Gasteiger partial charge is 0.373 e. The lowest BCUT2D eigenvalue weighted by atomic mass is 9.82. The molecule has 0 radical (unpaired) electrons. The van der Waals surface area contributed by atoms with E-state index < -0.39 is 16.1 Å². The lowest BCUT2D eigenvalue weighted by Gasteiger charge is -2.45. The van der Waals surface area contributed by atoms with Crippen molar-refractivity contribution in [2.75, 3.05) is 51.8 Å². The predicted molar refractivity (Wildman–Crippen MR) is 162 cm³/mol. The summed E-state index contributed by atoms with van der Waals surface area (Å²) in [6.45, 7) is 8.32. The highest BCUT2D eigenvalue weighted by Gasteiger charge is 2.35. The van der Waals surface area contributed by atoms with Gasteiger partial charge in [0.25, 0.3) is 5.91 Å². The van der Waals surface area contributed by atoms with Gasteiger partial charge in [-0.25, -0.2) is 18.8 Å². The summed E-state index contributed by atoms with van der Waals surface area (Å²) in [7, 11) is -1.33. The summed E-state index contributed by atoms with van der Waals surface area (Å²) in [5.74, 6) is -0.931. The number of fused-ring (bicyclic) bond motifs is 1. The van der Waals surface area contributed by atoms with Crippen molar-refractivity contribution in [1.82, 2.24) is 28.7 Å². The summed E-state index contributed by atoms with van der Waals surface area (Å²) in [5.41, 5.74) is 2.62. The Kier molecular flexibility index (Phi) is 7.95. The number of halogens is 1. The molecular weight excluding hydrogens is 573 g/mol. The monoisotopic (exact) mass is 613 g/mol. The van der Waals surface area contributed by atoms with Crippen LogP contribution in [0, 0.1) is 5.82 Å². The maximum atomic E-state index is 13.8. The molecule has 43 heavy (non-hydrogen) atoms. The van der Waals surface area contributed by atoms with Crippen LogP contribution in [0.25, 0.3) is 16.7 Å². The number of carbonyl (C=O) groups is 1. The van der Waals surface area contributed by atoms with Gasteiger partial charge in [-0.1, -0.05) is 6.42 Å². The average Bonchev–Trinajstić information content (AvgIpc) is 3.30. The Hall–Kier alpha value is -3.13. The number of aromatic nitrogens is 3. The van der Waals surface area contributed by atoms with Gasteiger partial charge in [0.05, 0.1) is 34.7 Å². The lowest BCUT2D eigenvalue weighted by Crippen LogP contribution is -2.54. The molecule has 3 fully saturated rings. The van der Waals surface area contributed by atoms with Crippen LogP contribution >= 0.6 is 0 Å². The summed E-state index contributed by atoms with van der Waals surface area (Å²) in [4.78, 5) is 22.9. The Morgan fingerprint density at radius 3 is 2.40 bits per heavy atom. The molecule has 2 aromatic heterocycles. The summed E-state index contributed by atoms with van der Waals surface area (Å²) < 4.78 is 49.6. The Bertz CT molecular complexity index is 1610. The SMILES string of the molecule is CN(C)S(=O)(=O)NC(=O)c1cc(N2CCC(N3CCOC(C)(C)C3)CC2)c2c(C3CCC3)nn(-c3ccc(F)cc3)c2n1. The van der Waals surface area contributed by atoms with E-state index in [9.17, 15) is 17.6 Å². The molecule has 232 valence electrons. The van der Waals surface area contributed by atoms with Crippen LogP contribution < -0.4 is 9.62 Å². The lowest BCUT2D eigenvalue weighted by molar-refractivity contribution is -0.0990. The highest BCUT2D eigenvalue weighted by molar-refractivity contribution is 7.87. The minimum Gasteiger partial charge on any atom is -0.373 e. The third-order valence-electron chi connectivity index (χ3n) is 8.92. The van der Waals surface area contributed by atoms with Crippen molar-refractivity contribution in [3.05, 3.63) is 47.5 Å². The zero-order valence-corrected chi connectivity index (χ0v) is 26.0. The van der Waals surface area contributed by atoms with Crippen LogP contribution in [0.15, 0.2) is 30.3 Å². The molecule has 2 saturated heterocycles. The number of anilines is 1. The molecule has 13 heteroatoms. The third-order valence-corrected chi connectivity index (χ3v) is 10.3. The van der Waals surface area contributed by atoms with Crippen molar-refractivity contribution < 1.29 is 22.3 Å². The number of carbonyl (C=O) groups excluding carboxylic acids is 1. The summed E-state index contributed by atoms with van der Waals surface area (Å²) >= 11 is 0. The van der Waals surface area contributed by atoms with Crippen LogP contribution in [0.3, 0.4) is 0 Å². The van der Waals surface area contributed by atoms with Gasteiger partial charge in [-0.05, 0) is 69.9 Å². The predicted octanol–water partition coefficient (Wildman–Crippen LogP) is 3.44. The minimum absolute atomic E-state index is 0.0200. The Morgan fingerprint density at radius 1 is 1.09 bits per heavy atom. The van der Waals surface area contributed by atoms with Crippen molar-refractivity contribution in [1.29, 1.82) is 0 Å². The molecule has 0 spiro atoms. The van der Waals surface area contributed by atoms with Crippen LogP contribution in [0.1, 0.15) is 68.1 Å². The summed E-state index contributed by atoms with van der Waals surface area (Å²) in [6, 6.07) is 8.13. The van der Waals surface area contributed by atoms with E-state index in [0.29, 0.717) is 17.4 Å². The number of piperidine rings is 1. The second kappa shape index (κ2) is 11.4. The molecule has 1 saturated carbocycles. The zero-order valence-electron chi connectivity index (χ0n) is 25.2. The fraction of sp³-hybridized carbons (Fsp3) is 0.567. The normalized spacial score (nSPS) is 20.5. The number of nitrogens with zero attached hydrogens (tertiary/aromatic N) is 6. The molecule has 11 nitrogen and oxygen atoms in total. The first kappa shape index (κ1) is 29.9. The van der Waals surface area contributed by atoms with Crippen LogP contribution in [-0.4, -0.2) is 96.8 Å². The molecule has 1 aliphatic carbocycles. The molecule has 0 bridgehead atoms. The molecule has 3 aliphatic rings. The van der Waals surface area contributed by atoms with Crippen LogP contribution in [0.4, 0.5) is 10.1 Å². The highest BCUT2D eigenvalue weighted by atomic mass is 32.2. The van der Waals surface area contributed by atoms with Gasteiger partial charge in [-0.2, -0.15) is 17.8 Å². The first-order valence-corrected chi connectivity index (χ1v) is 16.4. The summed E-state index contributed by atoms with van der Waals surface area (Å²) in [5, 5.41) is 5.87. The van der Waals surface area contributed by atoms with Crippen molar-refractivity contribution in [2.45, 2.75) is 63.5 Å². The van der Waals surface area contributed by atoms with Crippen LogP contribution in [0.2, 0.25) is 0 Å². The third kappa shape index (κ3) is 6.00. The molecule has 1 amide bonds. The number of nitrogens with one attached hydrogen (secondary N) is 1. The number of hydrogen-bond acceptors (Lipinski definition) is 8. The van der Waals surface area contributed by atoms with E-state index in [0.717, 1.165) is 86.0 Å². The Morgan fingerprint density at radius 2 is 1.79 bits per heavy atom. The molecule has 2 aliphatic heterocycles. The van der Waals surface area contributed by atoms with Gasteiger partial charge >= 0.3 is 10.2 Å². The topological polar surface area (TPSA) is 113 Å². The maximum Gasteiger partial charge on any atom is 0.303 e. The Labute approximate surface area is 252 Å². The van der Waals surface area contributed by atoms with Crippen molar-refractivity contribution in [3.63, 3.8) is 0 Å². The zero-order chi connectivity index (χ0) is 30.5. The molecule has 4 heterocycles. The smallest absolute Gasteiger partial charge is 0.303 e. The van der Waals surface area contributed by atoms with Crippen LogP contribution in [0.5, 0.6) is 0 Å². The molecule has 6 rings (SSSR count). The molecule has 0 atom stereocenters. The first-order valence-electron chi connectivity index (χ1n) is 15.0. The molecular formula is C30H40FN7O4S. The van der Waals surface area contributed by atoms with Gasteiger partial charge < -0.3 is 9.64 Å². The van der Waals surface area contributed by atoms with E-state index >= 15 is 0 Å². The van der Waals surface area contributed by atoms with Crippen molar-refractivity contribution in [2.24, 2.45) is 0 Å². The van der Waals surface area contributed by atoms with Gasteiger partial charge in [0.1, 0.15) is 11.5 Å². The van der Waals surface area contributed by atoms with E-state index in [-0.39, 0.29) is 23.0 Å². The van der Waals surface area contributed by atoms with E-state index in [1.165, 1.54) is 26.2 Å². The summed E-state index contributed by atoms with van der Waals surface area (Å²) in [6.07, 6.45) is 5.02. The number of hydrogen-bond donors (Lipinski definition) is 1. The van der Waals surface area contributed by atoms with E-state index in [1.807, 2.05) is 0 Å². The first-order chi connectivity index (χ1) is 20.4. The number of ether oxygens (including phenoxy) is 1. The van der Waals surface area contributed by atoms with Crippen LogP contribution in [-0.2, 0) is 14.9 Å². The van der Waals surface area contributed by atoms with Gasteiger partial charge in [-0.3, -0.25) is 9.69 Å². The van der Waals surface area contributed by atoms with Gasteiger partial charge in [-0.15, -0.1) is 0 Å². The highest BCUT2D eigenvalue weighted by Crippen LogP contribution is 2.43. The molecule has 1 N–H and O–H groups in total. The Balaban J connectivity index is 1.42. The van der Waals surface area contributed by atoms with Gasteiger partial charge in [0.15, 0.2) is 5.65 Å². The number of benzene rings is 1. The standard InChI is InChI=1S/C30H40FN7O4S/c1-30(2)19-37(16-17-42-30)22-12-14-36(15-13-22)25-18-24(29(39)34-43(40,41)35(3)4)32-28-26(25)27(20-6-5-7-20)33-38(28)23-10-8-21(31)9-11-23/h8-11,18,20,22H,5-7,12-17,19H2,1-4H3,(H,34,39). The van der Waals surface area contributed by atoms with Gasteiger partial charge in [0, 0.05) is 52.2 Å². The minimum atomic E-state index is -4.04. The molecule has 1 aromatic carbocycles. The number of rotatable bonds is 7. The van der Waals surface area contributed by atoms with E-state index in [1.54, 1.807) is 22.9 Å². The average molecular weight is 614 g/mol. The van der Waals surface area contributed by atoms with Crippen molar-refractivity contribution >= 4 is 32.8 Å². The fourth-order valence-corrected chi connectivity index (χ4v) is 6.84. The number of amides is 1. The second-order valence-electron chi connectivity index (χ2n) is 12.6. The van der Waals surface area contributed by atoms with Crippen molar-refractivity contribution in [3.8, 4) is 5.69 Å².